The highest BCUT2D eigenvalue weighted by molar-refractivity contribution is 5.83. The number of alkyl halides is 2. The molecule has 1 saturated heterocycles. The normalized spacial score (nSPS) is 38.4. The summed E-state index contributed by atoms with van der Waals surface area (Å²) >= 11 is 0. The van der Waals surface area contributed by atoms with Crippen LogP contribution in [0.2, 0.25) is 0 Å². The molecule has 204 valence electrons. The molecule has 0 aromatic carbocycles. The summed E-state index contributed by atoms with van der Waals surface area (Å²) in [5, 5.41) is 11.2. The van der Waals surface area contributed by atoms with Crippen molar-refractivity contribution in [1.82, 2.24) is 10.2 Å². The molecule has 4 N–H and O–H groups in total. The van der Waals surface area contributed by atoms with Crippen molar-refractivity contribution in [1.29, 1.82) is 5.41 Å². The van der Waals surface area contributed by atoms with Crippen LogP contribution in [0, 0.1) is 35.0 Å². The lowest BCUT2D eigenvalue weighted by Crippen LogP contribution is -2.52. The highest BCUT2D eigenvalue weighted by Crippen LogP contribution is 2.45. The predicted octanol–water partition coefficient (Wildman–Crippen LogP) is 5.86. The molecule has 5 fully saturated rings. The maximum absolute atomic E-state index is 13.6. The first kappa shape index (κ1) is 26.4. The van der Waals surface area contributed by atoms with Gasteiger partial charge in [0.05, 0.1) is 11.9 Å². The first-order chi connectivity index (χ1) is 17.3. The van der Waals surface area contributed by atoms with Gasteiger partial charge in [-0.05, 0) is 87.9 Å². The molecular weight excluding hydrogens is 458 g/mol. The zero-order valence-corrected chi connectivity index (χ0v) is 22.0. The molecule has 5 nitrogen and oxygen atoms in total. The average Bonchev–Trinajstić information content (AvgIpc) is 3.24. The van der Waals surface area contributed by atoms with Crippen LogP contribution in [-0.4, -0.2) is 47.2 Å². The molecule has 36 heavy (non-hydrogen) atoms. The fraction of sp³-hybridized carbons (Fsp3) is 0.931. The third kappa shape index (κ3) is 6.07. The van der Waals surface area contributed by atoms with Crippen molar-refractivity contribution in [3.63, 3.8) is 0 Å². The van der Waals surface area contributed by atoms with E-state index in [4.69, 9.17) is 11.1 Å². The second-order valence-electron chi connectivity index (χ2n) is 13.1. The molecule has 0 bridgehead atoms. The van der Waals surface area contributed by atoms with Gasteiger partial charge in [-0.2, -0.15) is 0 Å². The van der Waals surface area contributed by atoms with Gasteiger partial charge in [0.1, 0.15) is 0 Å². The predicted molar refractivity (Wildman–Crippen MR) is 139 cm³/mol. The van der Waals surface area contributed by atoms with Gasteiger partial charge in [-0.15, -0.1) is 0 Å². The Morgan fingerprint density at radius 1 is 0.861 bits per heavy atom. The van der Waals surface area contributed by atoms with Crippen molar-refractivity contribution < 1.29 is 13.6 Å². The highest BCUT2D eigenvalue weighted by Gasteiger charge is 2.48. The molecular formula is C29H48F2N4O. The number of hydrogen-bond donors (Lipinski definition) is 3. The highest BCUT2D eigenvalue weighted by atomic mass is 19.3. The molecule has 0 spiro atoms. The molecule has 4 atom stereocenters. The lowest BCUT2D eigenvalue weighted by Gasteiger charge is -2.41. The topological polar surface area (TPSA) is 82.2 Å². The van der Waals surface area contributed by atoms with Crippen LogP contribution in [0.3, 0.4) is 0 Å². The lowest BCUT2D eigenvalue weighted by molar-refractivity contribution is -0.128. The fourth-order valence-electron chi connectivity index (χ4n) is 8.57. The second-order valence-corrected chi connectivity index (χ2v) is 13.1. The summed E-state index contributed by atoms with van der Waals surface area (Å²) in [6.45, 7) is 0.962. The Labute approximate surface area is 216 Å². The van der Waals surface area contributed by atoms with Gasteiger partial charge in [-0.3, -0.25) is 15.1 Å². The summed E-state index contributed by atoms with van der Waals surface area (Å²) in [5.74, 6) is 0.828. The Balaban J connectivity index is 1.22. The molecule has 4 aliphatic carbocycles. The van der Waals surface area contributed by atoms with E-state index in [1.807, 2.05) is 0 Å². The fourth-order valence-corrected chi connectivity index (χ4v) is 8.57. The van der Waals surface area contributed by atoms with E-state index in [9.17, 15) is 13.6 Å². The molecule has 0 aromatic heterocycles. The Kier molecular flexibility index (Phi) is 8.24. The van der Waals surface area contributed by atoms with Crippen molar-refractivity contribution in [2.24, 2.45) is 35.3 Å². The number of fused-ring (bicyclic) bond motifs is 1. The molecule has 1 aliphatic heterocycles. The summed E-state index contributed by atoms with van der Waals surface area (Å²) in [5.41, 5.74) is 5.93. The minimum Gasteiger partial charge on any atom is -0.387 e. The van der Waals surface area contributed by atoms with Crippen molar-refractivity contribution in [2.75, 3.05) is 6.54 Å². The van der Waals surface area contributed by atoms with Gasteiger partial charge in [0.15, 0.2) is 0 Å². The molecule has 7 heteroatoms. The Morgan fingerprint density at radius 3 is 2.17 bits per heavy atom. The van der Waals surface area contributed by atoms with Crippen LogP contribution in [0.4, 0.5) is 8.78 Å². The summed E-state index contributed by atoms with van der Waals surface area (Å²) in [6, 6.07) is 0.0249. The van der Waals surface area contributed by atoms with E-state index in [1.54, 1.807) is 0 Å². The number of likely N-dealkylation sites (tertiary alicyclic amines) is 1. The van der Waals surface area contributed by atoms with Crippen molar-refractivity contribution in [3.8, 4) is 0 Å². The number of hydrogen-bond acceptors (Lipinski definition) is 3. The molecule has 0 aromatic rings. The zero-order valence-electron chi connectivity index (χ0n) is 22.0. The first-order valence-electron chi connectivity index (χ1n) is 15.1. The van der Waals surface area contributed by atoms with E-state index in [1.165, 1.54) is 57.8 Å². The largest absolute Gasteiger partial charge is 0.387 e. The number of halogens is 2. The molecule has 4 saturated carbocycles. The lowest BCUT2D eigenvalue weighted by atomic mass is 9.71. The first-order valence-corrected chi connectivity index (χ1v) is 15.1. The van der Waals surface area contributed by atoms with Gasteiger partial charge in [0, 0.05) is 37.4 Å². The number of nitrogens with one attached hydrogen (secondary N) is 2. The summed E-state index contributed by atoms with van der Waals surface area (Å²) in [7, 11) is 0. The zero-order chi connectivity index (χ0) is 25.3. The number of amidine groups is 1. The van der Waals surface area contributed by atoms with Crippen LogP contribution in [0.5, 0.6) is 0 Å². The maximum Gasteiger partial charge on any atom is 0.248 e. The molecule has 5 aliphatic rings. The number of carbonyl (C=O) groups is 1. The number of amides is 1. The average molecular weight is 507 g/mol. The molecule has 0 radical (unpaired) electrons. The van der Waals surface area contributed by atoms with Gasteiger partial charge in [0.2, 0.25) is 11.8 Å². The van der Waals surface area contributed by atoms with Gasteiger partial charge >= 0.3 is 0 Å². The minimum atomic E-state index is -2.58. The van der Waals surface area contributed by atoms with E-state index in [0.717, 1.165) is 44.1 Å². The van der Waals surface area contributed by atoms with E-state index >= 15 is 0 Å². The van der Waals surface area contributed by atoms with E-state index < -0.39 is 5.92 Å². The van der Waals surface area contributed by atoms with E-state index in [-0.39, 0.29) is 42.6 Å². The van der Waals surface area contributed by atoms with Crippen LogP contribution >= 0.6 is 0 Å². The van der Waals surface area contributed by atoms with Crippen LogP contribution < -0.4 is 11.1 Å². The van der Waals surface area contributed by atoms with Crippen molar-refractivity contribution >= 4 is 11.7 Å². The van der Waals surface area contributed by atoms with Crippen LogP contribution in [0.1, 0.15) is 109 Å². The van der Waals surface area contributed by atoms with Crippen LogP contribution in [-0.2, 0) is 4.79 Å². The molecule has 1 amide bonds. The minimum absolute atomic E-state index is 0.0508. The van der Waals surface area contributed by atoms with E-state index in [2.05, 4.69) is 10.2 Å². The monoisotopic (exact) mass is 506 g/mol. The Bertz CT molecular complexity index is 767. The van der Waals surface area contributed by atoms with Crippen molar-refractivity contribution in [3.05, 3.63) is 0 Å². The van der Waals surface area contributed by atoms with Gasteiger partial charge in [-0.1, -0.05) is 32.1 Å². The molecule has 5 rings (SSSR count). The summed E-state index contributed by atoms with van der Waals surface area (Å²) in [6.07, 6.45) is 16.5. The quantitative estimate of drug-likeness (QED) is 0.312. The molecule has 1 heterocycles. The molecule has 4 unspecified atom stereocenters. The standard InChI is InChI=1S/C29H48F2N4O/c30-29(31)14-12-24(13-15-29)34-28(36)26-16-22-10-11-23(27(32)33)17-25(22)35(26)18-19-6-8-21(9-7-19)20-4-2-1-3-5-20/h19-26H,1-18H2,(H3,32,33)(H,34,36). The summed E-state index contributed by atoms with van der Waals surface area (Å²) in [4.78, 5) is 16.0. The smallest absolute Gasteiger partial charge is 0.248 e. The van der Waals surface area contributed by atoms with Gasteiger partial charge < -0.3 is 11.1 Å². The van der Waals surface area contributed by atoms with Gasteiger partial charge in [-0.25, -0.2) is 8.78 Å². The maximum atomic E-state index is 13.6. The third-order valence-corrected chi connectivity index (χ3v) is 10.8. The van der Waals surface area contributed by atoms with Gasteiger partial charge in [0.25, 0.3) is 0 Å². The SMILES string of the molecule is N=C(N)C1CCC2CC(C(=O)NC3CCC(F)(F)CC3)N(CC3CCC(C4CCCCC4)CC3)C2C1. The number of rotatable bonds is 6. The Morgan fingerprint density at radius 2 is 1.50 bits per heavy atom. The third-order valence-electron chi connectivity index (χ3n) is 10.8. The number of carbonyl (C=O) groups excluding carboxylic acids is 1. The number of nitrogens with zero attached hydrogens (tertiary/aromatic N) is 1. The van der Waals surface area contributed by atoms with Crippen LogP contribution in [0.15, 0.2) is 0 Å². The number of nitrogens with two attached hydrogens (primary N) is 1. The van der Waals surface area contributed by atoms with Crippen molar-refractivity contribution in [2.45, 2.75) is 133 Å². The van der Waals surface area contributed by atoms with E-state index in [0.29, 0.717) is 30.7 Å². The Hall–Kier alpha value is -1.24. The summed E-state index contributed by atoms with van der Waals surface area (Å²) < 4.78 is 27.3. The second kappa shape index (κ2) is 11.2. The van der Waals surface area contributed by atoms with Crippen LogP contribution in [0.25, 0.3) is 0 Å².